The average Bonchev–Trinajstić information content (AvgIpc) is 2.35. The topological polar surface area (TPSA) is 35.5 Å². The standard InChI is InChI=1S/C13H15BrO3/c1-4-5-11(13(15)17-3)10-7-6-9(16-2)8-12(10)14/h4,6-8,11H,1,5H2,2-3H3. The number of carbonyl (C=O) groups is 1. The zero-order valence-corrected chi connectivity index (χ0v) is 11.5. The van der Waals surface area contributed by atoms with E-state index >= 15 is 0 Å². The predicted octanol–water partition coefficient (Wildman–Crippen LogP) is 3.29. The monoisotopic (exact) mass is 298 g/mol. The van der Waals surface area contributed by atoms with Crippen molar-refractivity contribution in [2.45, 2.75) is 12.3 Å². The van der Waals surface area contributed by atoms with Crippen LogP contribution in [0.5, 0.6) is 5.75 Å². The number of halogens is 1. The molecule has 0 aromatic heterocycles. The minimum absolute atomic E-state index is 0.268. The molecule has 1 atom stereocenters. The van der Waals surface area contributed by atoms with E-state index in [1.54, 1.807) is 13.2 Å². The van der Waals surface area contributed by atoms with E-state index in [2.05, 4.69) is 22.5 Å². The van der Waals surface area contributed by atoms with Gasteiger partial charge >= 0.3 is 5.97 Å². The number of benzene rings is 1. The van der Waals surface area contributed by atoms with E-state index < -0.39 is 0 Å². The van der Waals surface area contributed by atoms with Crippen LogP contribution >= 0.6 is 15.9 Å². The third-order valence-corrected chi connectivity index (χ3v) is 3.16. The highest BCUT2D eigenvalue weighted by Gasteiger charge is 2.22. The lowest BCUT2D eigenvalue weighted by atomic mass is 9.96. The van der Waals surface area contributed by atoms with Gasteiger partial charge in [0, 0.05) is 4.47 Å². The van der Waals surface area contributed by atoms with Crippen LogP contribution in [0.15, 0.2) is 35.3 Å². The molecule has 0 aliphatic rings. The summed E-state index contributed by atoms with van der Waals surface area (Å²) in [7, 11) is 2.98. The summed E-state index contributed by atoms with van der Waals surface area (Å²) in [5.41, 5.74) is 0.873. The number of ether oxygens (including phenoxy) is 2. The largest absolute Gasteiger partial charge is 0.497 e. The first-order chi connectivity index (χ1) is 8.13. The Morgan fingerprint density at radius 2 is 2.24 bits per heavy atom. The summed E-state index contributed by atoms with van der Waals surface area (Å²) in [6.45, 7) is 3.66. The molecule has 0 spiro atoms. The van der Waals surface area contributed by atoms with Crippen LogP contribution in [-0.4, -0.2) is 20.2 Å². The van der Waals surface area contributed by atoms with Gasteiger partial charge in [-0.05, 0) is 24.1 Å². The van der Waals surface area contributed by atoms with Crippen LogP contribution in [0.3, 0.4) is 0 Å². The van der Waals surface area contributed by atoms with Crippen molar-refractivity contribution >= 4 is 21.9 Å². The molecule has 92 valence electrons. The second-order valence-electron chi connectivity index (χ2n) is 3.49. The Labute approximate surface area is 110 Å². The highest BCUT2D eigenvalue weighted by atomic mass is 79.9. The van der Waals surface area contributed by atoms with Gasteiger partial charge in [-0.25, -0.2) is 0 Å². The van der Waals surface area contributed by atoms with Gasteiger partial charge in [0.1, 0.15) is 5.75 Å². The zero-order chi connectivity index (χ0) is 12.8. The third kappa shape index (κ3) is 3.33. The van der Waals surface area contributed by atoms with Crippen LogP contribution in [0.1, 0.15) is 17.9 Å². The Balaban J connectivity index is 3.09. The molecule has 0 radical (unpaired) electrons. The van der Waals surface area contributed by atoms with Crippen LogP contribution in [0, 0.1) is 0 Å². The minimum atomic E-state index is -0.335. The van der Waals surface area contributed by atoms with Crippen molar-refractivity contribution in [1.82, 2.24) is 0 Å². The molecule has 1 aromatic carbocycles. The molecule has 1 unspecified atom stereocenters. The van der Waals surface area contributed by atoms with Gasteiger partial charge in [-0.3, -0.25) is 4.79 Å². The molecule has 0 bridgehead atoms. The molecule has 3 nitrogen and oxygen atoms in total. The van der Waals surface area contributed by atoms with E-state index in [-0.39, 0.29) is 11.9 Å². The van der Waals surface area contributed by atoms with Crippen LogP contribution < -0.4 is 4.74 Å². The summed E-state index contributed by atoms with van der Waals surface area (Å²) in [6, 6.07) is 5.50. The molecule has 17 heavy (non-hydrogen) atoms. The highest BCUT2D eigenvalue weighted by Crippen LogP contribution is 2.31. The Morgan fingerprint density at radius 1 is 1.53 bits per heavy atom. The lowest BCUT2D eigenvalue weighted by Gasteiger charge is -2.15. The lowest BCUT2D eigenvalue weighted by Crippen LogP contribution is -2.14. The van der Waals surface area contributed by atoms with Crippen molar-refractivity contribution in [2.24, 2.45) is 0 Å². The molecule has 0 saturated heterocycles. The van der Waals surface area contributed by atoms with Gasteiger partial charge in [0.05, 0.1) is 20.1 Å². The molecule has 0 saturated carbocycles. The summed E-state index contributed by atoms with van der Waals surface area (Å²) in [4.78, 5) is 11.7. The molecule has 0 fully saturated rings. The number of esters is 1. The number of rotatable bonds is 5. The van der Waals surface area contributed by atoms with E-state index in [1.807, 2.05) is 18.2 Å². The fraction of sp³-hybridized carbons (Fsp3) is 0.308. The molecule has 1 aromatic rings. The van der Waals surface area contributed by atoms with Crippen molar-refractivity contribution in [2.75, 3.05) is 14.2 Å². The third-order valence-electron chi connectivity index (χ3n) is 2.47. The van der Waals surface area contributed by atoms with Gasteiger partial charge < -0.3 is 9.47 Å². The smallest absolute Gasteiger partial charge is 0.313 e. The fourth-order valence-corrected chi connectivity index (χ4v) is 2.21. The predicted molar refractivity (Wildman–Crippen MR) is 70.3 cm³/mol. The molecular weight excluding hydrogens is 284 g/mol. The van der Waals surface area contributed by atoms with Gasteiger partial charge in [-0.15, -0.1) is 6.58 Å². The minimum Gasteiger partial charge on any atom is -0.497 e. The molecule has 0 N–H and O–H groups in total. The number of methoxy groups -OCH3 is 2. The molecule has 1 rings (SSSR count). The number of allylic oxidation sites excluding steroid dienone is 1. The first-order valence-corrected chi connectivity index (χ1v) is 5.95. The Bertz CT molecular complexity index is 415. The normalized spacial score (nSPS) is 11.7. The van der Waals surface area contributed by atoms with Crippen molar-refractivity contribution in [3.8, 4) is 5.75 Å². The summed E-state index contributed by atoms with van der Waals surface area (Å²) in [5.74, 6) is 0.136. The first-order valence-electron chi connectivity index (χ1n) is 5.16. The van der Waals surface area contributed by atoms with Crippen LogP contribution in [0.25, 0.3) is 0 Å². The van der Waals surface area contributed by atoms with Gasteiger partial charge in [-0.1, -0.05) is 28.1 Å². The van der Waals surface area contributed by atoms with Crippen molar-refractivity contribution in [3.05, 3.63) is 40.9 Å². The van der Waals surface area contributed by atoms with Gasteiger partial charge in [0.2, 0.25) is 0 Å². The zero-order valence-electron chi connectivity index (χ0n) is 9.90. The molecule has 0 aliphatic heterocycles. The van der Waals surface area contributed by atoms with Crippen LogP contribution in [0.2, 0.25) is 0 Å². The van der Waals surface area contributed by atoms with Crippen molar-refractivity contribution in [1.29, 1.82) is 0 Å². The molecular formula is C13H15BrO3. The molecule has 0 heterocycles. The number of carbonyl (C=O) groups excluding carboxylic acids is 1. The lowest BCUT2D eigenvalue weighted by molar-refractivity contribution is -0.142. The molecule has 0 amide bonds. The maximum atomic E-state index is 11.7. The van der Waals surface area contributed by atoms with Crippen LogP contribution in [0.4, 0.5) is 0 Å². The van der Waals surface area contributed by atoms with Crippen LogP contribution in [-0.2, 0) is 9.53 Å². The maximum absolute atomic E-state index is 11.7. The van der Waals surface area contributed by atoms with Crippen molar-refractivity contribution < 1.29 is 14.3 Å². The Kier molecular flexibility index (Phi) is 5.22. The van der Waals surface area contributed by atoms with Gasteiger partial charge in [-0.2, -0.15) is 0 Å². The van der Waals surface area contributed by atoms with E-state index in [4.69, 9.17) is 9.47 Å². The molecule has 0 aliphatic carbocycles. The van der Waals surface area contributed by atoms with Crippen molar-refractivity contribution in [3.63, 3.8) is 0 Å². The van der Waals surface area contributed by atoms with E-state index in [0.29, 0.717) is 6.42 Å². The second kappa shape index (κ2) is 6.45. The van der Waals surface area contributed by atoms with Gasteiger partial charge in [0.25, 0.3) is 0 Å². The highest BCUT2D eigenvalue weighted by molar-refractivity contribution is 9.10. The number of hydrogen-bond donors (Lipinski definition) is 0. The fourth-order valence-electron chi connectivity index (χ4n) is 1.58. The first kappa shape index (κ1) is 13.8. The quantitative estimate of drug-likeness (QED) is 0.618. The maximum Gasteiger partial charge on any atom is 0.313 e. The van der Waals surface area contributed by atoms with E-state index in [0.717, 1.165) is 15.8 Å². The number of hydrogen-bond acceptors (Lipinski definition) is 3. The Morgan fingerprint density at radius 3 is 2.71 bits per heavy atom. The summed E-state index contributed by atoms with van der Waals surface area (Å²) in [6.07, 6.45) is 2.25. The SMILES string of the molecule is C=CCC(C(=O)OC)c1ccc(OC)cc1Br. The summed E-state index contributed by atoms with van der Waals surface area (Å²) in [5, 5.41) is 0. The summed E-state index contributed by atoms with van der Waals surface area (Å²) < 4.78 is 10.7. The molecule has 4 heteroatoms. The Hall–Kier alpha value is -1.29. The van der Waals surface area contributed by atoms with E-state index in [9.17, 15) is 4.79 Å². The van der Waals surface area contributed by atoms with Gasteiger partial charge in [0.15, 0.2) is 0 Å². The second-order valence-corrected chi connectivity index (χ2v) is 4.34. The summed E-state index contributed by atoms with van der Waals surface area (Å²) >= 11 is 3.43. The average molecular weight is 299 g/mol. The van der Waals surface area contributed by atoms with E-state index in [1.165, 1.54) is 7.11 Å².